The molecule has 1 aromatic rings. The van der Waals surface area contributed by atoms with Gasteiger partial charge in [-0.15, -0.1) is 24.0 Å². The number of aliphatic imine (C=N–C) groups is 1. The van der Waals surface area contributed by atoms with Crippen molar-refractivity contribution in [1.82, 2.24) is 20.5 Å². The molecule has 1 saturated carbocycles. The molecular weight excluding hydrogens is 487 g/mol. The van der Waals surface area contributed by atoms with Crippen molar-refractivity contribution >= 4 is 35.8 Å². The Kier molecular flexibility index (Phi) is 9.49. The predicted octanol–water partition coefficient (Wildman–Crippen LogP) is 3.76. The molecule has 1 aliphatic carbocycles. The summed E-state index contributed by atoms with van der Waals surface area (Å²) in [5, 5.41) is 7.13. The van der Waals surface area contributed by atoms with Gasteiger partial charge in [0, 0.05) is 51.0 Å². The van der Waals surface area contributed by atoms with E-state index < -0.39 is 0 Å². The van der Waals surface area contributed by atoms with Crippen LogP contribution in [0.2, 0.25) is 0 Å². The van der Waals surface area contributed by atoms with Crippen LogP contribution in [0.3, 0.4) is 0 Å². The first-order chi connectivity index (χ1) is 14.3. The maximum Gasteiger partial charge on any atom is 0.191 e. The first kappa shape index (κ1) is 23.6. The van der Waals surface area contributed by atoms with Crippen LogP contribution in [0.15, 0.2) is 23.3 Å². The average molecular weight is 527 g/mol. The number of nitrogens with zero attached hydrogens (tertiary/aromatic N) is 4. The molecule has 3 aliphatic rings. The van der Waals surface area contributed by atoms with Gasteiger partial charge in [-0.05, 0) is 63.1 Å². The molecule has 1 aromatic heterocycles. The lowest BCUT2D eigenvalue weighted by Gasteiger charge is -2.27. The van der Waals surface area contributed by atoms with Crippen molar-refractivity contribution in [3.05, 3.63) is 23.9 Å². The topological polar surface area (TPSA) is 55.8 Å². The highest BCUT2D eigenvalue weighted by molar-refractivity contribution is 14.0. The number of rotatable bonds is 6. The molecule has 168 valence electrons. The largest absolute Gasteiger partial charge is 0.357 e. The summed E-state index contributed by atoms with van der Waals surface area (Å²) >= 11 is 0. The smallest absolute Gasteiger partial charge is 0.191 e. The number of halogens is 1. The molecular formula is C23H39IN6. The average Bonchev–Trinajstić information content (AvgIpc) is 3.45. The van der Waals surface area contributed by atoms with Crippen LogP contribution in [0.1, 0.15) is 63.9 Å². The first-order valence-electron chi connectivity index (χ1n) is 11.8. The molecule has 0 bridgehead atoms. The lowest BCUT2D eigenvalue weighted by Crippen LogP contribution is -2.45. The SMILES string of the molecule is CCNC(=NCc1ccnc(N2CCCCC2)c1)NC1CCN(C2CCCC2)C1.I. The number of pyridine rings is 1. The van der Waals surface area contributed by atoms with E-state index in [9.17, 15) is 0 Å². The molecule has 7 heteroatoms. The summed E-state index contributed by atoms with van der Waals surface area (Å²) in [4.78, 5) is 14.6. The number of likely N-dealkylation sites (tertiary alicyclic amines) is 1. The highest BCUT2D eigenvalue weighted by atomic mass is 127. The molecule has 0 radical (unpaired) electrons. The minimum absolute atomic E-state index is 0. The quantitative estimate of drug-likeness (QED) is 0.336. The van der Waals surface area contributed by atoms with E-state index in [0.29, 0.717) is 12.6 Å². The molecule has 2 saturated heterocycles. The Bertz CT molecular complexity index is 669. The van der Waals surface area contributed by atoms with Crippen molar-refractivity contribution in [3.8, 4) is 0 Å². The van der Waals surface area contributed by atoms with Crippen LogP contribution >= 0.6 is 24.0 Å². The number of nitrogens with one attached hydrogen (secondary N) is 2. The number of aromatic nitrogens is 1. The van der Waals surface area contributed by atoms with Crippen molar-refractivity contribution in [2.75, 3.05) is 37.6 Å². The summed E-state index contributed by atoms with van der Waals surface area (Å²) in [7, 11) is 0. The molecule has 3 fully saturated rings. The molecule has 1 unspecified atom stereocenters. The fourth-order valence-electron chi connectivity index (χ4n) is 5.04. The number of anilines is 1. The van der Waals surface area contributed by atoms with E-state index in [1.807, 2.05) is 6.20 Å². The molecule has 2 N–H and O–H groups in total. The van der Waals surface area contributed by atoms with Gasteiger partial charge in [-0.2, -0.15) is 0 Å². The van der Waals surface area contributed by atoms with E-state index >= 15 is 0 Å². The number of guanidine groups is 1. The highest BCUT2D eigenvalue weighted by Gasteiger charge is 2.30. The summed E-state index contributed by atoms with van der Waals surface area (Å²) in [6.45, 7) is 8.36. The van der Waals surface area contributed by atoms with Crippen molar-refractivity contribution in [2.24, 2.45) is 4.99 Å². The fraction of sp³-hybridized carbons (Fsp3) is 0.739. The van der Waals surface area contributed by atoms with Crippen LogP contribution in [-0.2, 0) is 6.54 Å². The Labute approximate surface area is 199 Å². The van der Waals surface area contributed by atoms with Crippen LogP contribution in [0, 0.1) is 0 Å². The van der Waals surface area contributed by atoms with Crippen LogP contribution < -0.4 is 15.5 Å². The number of hydrogen-bond donors (Lipinski definition) is 2. The van der Waals surface area contributed by atoms with Gasteiger partial charge in [0.05, 0.1) is 6.54 Å². The van der Waals surface area contributed by atoms with Gasteiger partial charge in [0.15, 0.2) is 5.96 Å². The van der Waals surface area contributed by atoms with Gasteiger partial charge in [-0.25, -0.2) is 9.98 Å². The zero-order chi connectivity index (χ0) is 19.9. The second-order valence-corrected chi connectivity index (χ2v) is 8.83. The van der Waals surface area contributed by atoms with Crippen molar-refractivity contribution in [2.45, 2.75) is 76.9 Å². The summed E-state index contributed by atoms with van der Waals surface area (Å²) in [5.41, 5.74) is 1.23. The molecule has 1 atom stereocenters. The number of hydrogen-bond acceptors (Lipinski definition) is 4. The molecule has 0 amide bonds. The maximum absolute atomic E-state index is 4.89. The molecule has 4 rings (SSSR count). The minimum atomic E-state index is 0. The van der Waals surface area contributed by atoms with Gasteiger partial charge < -0.3 is 15.5 Å². The first-order valence-corrected chi connectivity index (χ1v) is 11.8. The van der Waals surface area contributed by atoms with E-state index in [0.717, 1.165) is 44.0 Å². The van der Waals surface area contributed by atoms with Gasteiger partial charge in [0.2, 0.25) is 0 Å². The normalized spacial score (nSPS) is 23.4. The lowest BCUT2D eigenvalue weighted by atomic mass is 10.1. The van der Waals surface area contributed by atoms with E-state index in [2.05, 4.69) is 44.5 Å². The monoisotopic (exact) mass is 526 g/mol. The van der Waals surface area contributed by atoms with Crippen molar-refractivity contribution in [1.29, 1.82) is 0 Å². The van der Waals surface area contributed by atoms with E-state index in [1.54, 1.807) is 0 Å². The summed E-state index contributed by atoms with van der Waals surface area (Å²) < 4.78 is 0. The van der Waals surface area contributed by atoms with Crippen LogP contribution in [-0.4, -0.2) is 60.7 Å². The van der Waals surface area contributed by atoms with Gasteiger partial charge in [0.25, 0.3) is 0 Å². The third kappa shape index (κ3) is 6.45. The summed E-state index contributed by atoms with van der Waals surface area (Å²) in [6.07, 6.45) is 12.7. The number of piperidine rings is 1. The Morgan fingerprint density at radius 3 is 2.67 bits per heavy atom. The van der Waals surface area contributed by atoms with Gasteiger partial charge in [-0.1, -0.05) is 12.8 Å². The fourth-order valence-corrected chi connectivity index (χ4v) is 5.04. The molecule has 6 nitrogen and oxygen atoms in total. The third-order valence-electron chi connectivity index (χ3n) is 6.66. The van der Waals surface area contributed by atoms with Crippen LogP contribution in [0.25, 0.3) is 0 Å². The predicted molar refractivity (Wildman–Crippen MR) is 136 cm³/mol. The Morgan fingerprint density at radius 2 is 1.90 bits per heavy atom. The second-order valence-electron chi connectivity index (χ2n) is 8.83. The standard InChI is InChI=1S/C23H38N6.HI/c1-2-24-23(27-20-11-15-29(18-20)21-8-4-5-9-21)26-17-19-10-12-25-22(16-19)28-13-6-3-7-14-28;/h10,12,16,20-21H,2-9,11,13-15,17-18H2,1H3,(H2,24,26,27);1H. The van der Waals surface area contributed by atoms with Crippen molar-refractivity contribution < 1.29 is 0 Å². The Balaban J connectivity index is 0.00000256. The Hall–Kier alpha value is -1.09. The zero-order valence-corrected chi connectivity index (χ0v) is 20.8. The van der Waals surface area contributed by atoms with Gasteiger partial charge >= 0.3 is 0 Å². The van der Waals surface area contributed by atoms with Crippen molar-refractivity contribution in [3.63, 3.8) is 0 Å². The zero-order valence-electron chi connectivity index (χ0n) is 18.5. The second kappa shape index (κ2) is 12.1. The van der Waals surface area contributed by atoms with E-state index in [4.69, 9.17) is 4.99 Å². The lowest BCUT2D eigenvalue weighted by molar-refractivity contribution is 0.242. The Morgan fingerprint density at radius 1 is 1.10 bits per heavy atom. The highest BCUT2D eigenvalue weighted by Crippen LogP contribution is 2.26. The van der Waals surface area contributed by atoms with Crippen LogP contribution in [0.5, 0.6) is 0 Å². The molecule has 0 aromatic carbocycles. The minimum Gasteiger partial charge on any atom is -0.357 e. The third-order valence-corrected chi connectivity index (χ3v) is 6.66. The van der Waals surface area contributed by atoms with Crippen LogP contribution in [0.4, 0.5) is 5.82 Å². The molecule has 2 aliphatic heterocycles. The van der Waals surface area contributed by atoms with E-state index in [1.165, 1.54) is 63.5 Å². The summed E-state index contributed by atoms with van der Waals surface area (Å²) in [5.74, 6) is 2.06. The van der Waals surface area contributed by atoms with E-state index in [-0.39, 0.29) is 24.0 Å². The van der Waals surface area contributed by atoms with Gasteiger partial charge in [0.1, 0.15) is 5.82 Å². The molecule has 0 spiro atoms. The molecule has 3 heterocycles. The molecule has 30 heavy (non-hydrogen) atoms. The van der Waals surface area contributed by atoms with Gasteiger partial charge in [-0.3, -0.25) is 4.90 Å². The maximum atomic E-state index is 4.89. The summed E-state index contributed by atoms with van der Waals surface area (Å²) in [6, 6.07) is 5.65.